The molecule has 2 N–H and O–H groups in total. The van der Waals surface area contributed by atoms with Crippen molar-refractivity contribution in [3.8, 4) is 0 Å². The highest BCUT2D eigenvalue weighted by molar-refractivity contribution is 7.89. The van der Waals surface area contributed by atoms with E-state index >= 15 is 0 Å². The molecule has 3 aromatic rings. The lowest BCUT2D eigenvalue weighted by Crippen LogP contribution is -2.46. The molecule has 0 spiro atoms. The molecule has 0 bridgehead atoms. The molecule has 1 fully saturated rings. The molecule has 37 heavy (non-hydrogen) atoms. The second-order valence-electron chi connectivity index (χ2n) is 8.77. The fourth-order valence-electron chi connectivity index (χ4n) is 4.01. The van der Waals surface area contributed by atoms with Crippen molar-refractivity contribution in [3.05, 3.63) is 71.4 Å². The zero-order valence-corrected chi connectivity index (χ0v) is 21.7. The van der Waals surface area contributed by atoms with E-state index in [1.54, 1.807) is 0 Å². The van der Waals surface area contributed by atoms with Gasteiger partial charge in [0.25, 0.3) is 0 Å². The van der Waals surface area contributed by atoms with Crippen LogP contribution >= 0.6 is 0 Å². The topological polar surface area (TPSA) is 128 Å². The number of carbonyl (C=O) groups is 2. The van der Waals surface area contributed by atoms with Crippen LogP contribution in [0, 0.1) is 0 Å². The summed E-state index contributed by atoms with van der Waals surface area (Å²) < 4.78 is 22.9. The molecule has 2 aromatic carbocycles. The van der Waals surface area contributed by atoms with Crippen molar-refractivity contribution >= 4 is 50.5 Å². The van der Waals surface area contributed by atoms with Crippen LogP contribution in [0.4, 0.5) is 5.82 Å². The molecule has 0 saturated carbocycles. The van der Waals surface area contributed by atoms with E-state index in [1.807, 2.05) is 36.4 Å². The minimum Gasteiger partial charge on any atom is -0.473 e. The van der Waals surface area contributed by atoms with E-state index in [4.69, 9.17) is 24.8 Å². The van der Waals surface area contributed by atoms with Gasteiger partial charge in [0.15, 0.2) is 9.84 Å². The van der Waals surface area contributed by atoms with Gasteiger partial charge in [-0.3, -0.25) is 0 Å². The van der Waals surface area contributed by atoms with Gasteiger partial charge in [-0.15, -0.1) is 0 Å². The summed E-state index contributed by atoms with van der Waals surface area (Å²) in [6, 6.07) is 18.2. The molecule has 196 valence electrons. The van der Waals surface area contributed by atoms with Crippen LogP contribution in [0.15, 0.2) is 54.6 Å². The third kappa shape index (κ3) is 8.40. The number of likely N-dealkylation sites (N-methyl/N-ethyl adjacent to an activating group) is 1. The molecular formula is C27H31N3O6S. The summed E-state index contributed by atoms with van der Waals surface area (Å²) in [4.78, 5) is 28.1. The van der Waals surface area contributed by atoms with Gasteiger partial charge < -0.3 is 20.0 Å². The zero-order valence-electron chi connectivity index (χ0n) is 20.9. The smallest absolute Gasteiger partial charge is 0.414 e. The highest BCUT2D eigenvalue weighted by atomic mass is 32.2. The summed E-state index contributed by atoms with van der Waals surface area (Å²) in [5.41, 5.74) is 2.74. The predicted molar refractivity (Wildman–Crippen MR) is 145 cm³/mol. The Balaban J connectivity index is 0.000000568. The Labute approximate surface area is 216 Å². The summed E-state index contributed by atoms with van der Waals surface area (Å²) in [5.74, 6) is -2.53. The Bertz CT molecular complexity index is 1370. The molecule has 2 heterocycles. The molecule has 4 rings (SSSR count). The maximum absolute atomic E-state index is 11.5. The molecule has 0 unspecified atom stereocenters. The number of rotatable bonds is 6. The van der Waals surface area contributed by atoms with Gasteiger partial charge in [-0.25, -0.2) is 23.0 Å². The van der Waals surface area contributed by atoms with Gasteiger partial charge in [0.05, 0.1) is 11.4 Å². The summed E-state index contributed by atoms with van der Waals surface area (Å²) in [6.45, 7) is 7.40. The first-order chi connectivity index (χ1) is 17.6. The van der Waals surface area contributed by atoms with Crippen LogP contribution in [0.3, 0.4) is 0 Å². The number of sulfone groups is 1. The quantitative estimate of drug-likeness (QED) is 0.466. The summed E-state index contributed by atoms with van der Waals surface area (Å²) in [7, 11) is -3.02. The minimum atomic E-state index is -3.02. The molecule has 0 radical (unpaired) electrons. The number of hydrogen-bond acceptors (Lipinski definition) is 7. The summed E-state index contributed by atoms with van der Waals surface area (Å²) >= 11 is 0. The Morgan fingerprint density at radius 2 is 1.57 bits per heavy atom. The molecule has 0 atom stereocenters. The van der Waals surface area contributed by atoms with E-state index in [0.717, 1.165) is 55.4 Å². The van der Waals surface area contributed by atoms with Crippen LogP contribution in [-0.2, 0) is 25.2 Å². The van der Waals surface area contributed by atoms with Crippen molar-refractivity contribution in [2.24, 2.45) is 0 Å². The zero-order chi connectivity index (χ0) is 27.0. The van der Waals surface area contributed by atoms with Crippen LogP contribution in [0.25, 0.3) is 22.9 Å². The van der Waals surface area contributed by atoms with E-state index in [0.29, 0.717) is 0 Å². The molecule has 1 aliphatic heterocycles. The first-order valence-electron chi connectivity index (χ1n) is 11.8. The number of aromatic nitrogens is 1. The third-order valence-electron chi connectivity index (χ3n) is 5.90. The number of benzene rings is 2. The van der Waals surface area contributed by atoms with Gasteiger partial charge in [0.1, 0.15) is 5.82 Å². The van der Waals surface area contributed by atoms with Crippen molar-refractivity contribution in [2.45, 2.75) is 12.7 Å². The van der Waals surface area contributed by atoms with Crippen LogP contribution in [-0.4, -0.2) is 79.4 Å². The SMILES string of the molecule is CCN1CCN(c2nc(/C=C/c3ccc(CS(C)(=O)=O)cc3)cc3ccccc23)CC1.O=C(O)C(=O)O. The van der Waals surface area contributed by atoms with Gasteiger partial charge >= 0.3 is 11.9 Å². The largest absolute Gasteiger partial charge is 0.473 e. The molecule has 9 nitrogen and oxygen atoms in total. The number of aliphatic carboxylic acids is 2. The summed E-state index contributed by atoms with van der Waals surface area (Å²) in [6.07, 6.45) is 5.32. The number of piperazine rings is 1. The van der Waals surface area contributed by atoms with Crippen LogP contribution in [0.1, 0.15) is 23.7 Å². The van der Waals surface area contributed by atoms with Crippen molar-refractivity contribution < 1.29 is 28.2 Å². The van der Waals surface area contributed by atoms with E-state index in [2.05, 4.69) is 47.1 Å². The molecule has 1 saturated heterocycles. The van der Waals surface area contributed by atoms with E-state index in [1.165, 1.54) is 17.0 Å². The number of carboxylic acid groups (broad SMARTS) is 2. The lowest BCUT2D eigenvalue weighted by atomic mass is 10.1. The second kappa shape index (κ2) is 12.5. The Morgan fingerprint density at radius 1 is 0.946 bits per heavy atom. The van der Waals surface area contributed by atoms with Gasteiger partial charge in [0.2, 0.25) is 0 Å². The first kappa shape index (κ1) is 27.8. The minimum absolute atomic E-state index is 0.0673. The normalized spacial score (nSPS) is 14.4. The maximum atomic E-state index is 11.5. The number of nitrogens with zero attached hydrogens (tertiary/aromatic N) is 3. The summed E-state index contributed by atoms with van der Waals surface area (Å²) in [5, 5.41) is 17.2. The average molecular weight is 526 g/mol. The average Bonchev–Trinajstić information content (AvgIpc) is 2.87. The molecule has 0 amide bonds. The fraction of sp³-hybridized carbons (Fsp3) is 0.296. The molecule has 10 heteroatoms. The number of hydrogen-bond donors (Lipinski definition) is 2. The maximum Gasteiger partial charge on any atom is 0.414 e. The van der Waals surface area contributed by atoms with Gasteiger partial charge in [-0.2, -0.15) is 0 Å². The van der Waals surface area contributed by atoms with Crippen LogP contribution in [0.5, 0.6) is 0 Å². The molecule has 0 aliphatic carbocycles. The van der Waals surface area contributed by atoms with E-state index in [9.17, 15) is 8.42 Å². The molecular weight excluding hydrogens is 494 g/mol. The number of carboxylic acids is 2. The Morgan fingerprint density at radius 3 is 2.14 bits per heavy atom. The van der Waals surface area contributed by atoms with Crippen LogP contribution in [0.2, 0.25) is 0 Å². The van der Waals surface area contributed by atoms with E-state index < -0.39 is 21.8 Å². The van der Waals surface area contributed by atoms with Crippen molar-refractivity contribution in [1.82, 2.24) is 9.88 Å². The highest BCUT2D eigenvalue weighted by Gasteiger charge is 2.19. The van der Waals surface area contributed by atoms with Crippen molar-refractivity contribution in [3.63, 3.8) is 0 Å². The van der Waals surface area contributed by atoms with Crippen LogP contribution < -0.4 is 4.90 Å². The van der Waals surface area contributed by atoms with Crippen molar-refractivity contribution in [1.29, 1.82) is 0 Å². The number of pyridine rings is 1. The monoisotopic (exact) mass is 525 g/mol. The molecule has 1 aliphatic rings. The van der Waals surface area contributed by atoms with Gasteiger partial charge in [-0.05, 0) is 35.2 Å². The standard InChI is InChI=1S/C25H29N3O2S.C2H2O4/c1-3-27-14-16-28(17-15-27)25-24-7-5-4-6-22(24)18-23(26-25)13-12-20-8-10-21(11-9-20)19-31(2,29)30;3-1(4)2(5)6/h4-13,18H,3,14-17,19H2,1-2H3;(H,3,4)(H,5,6)/b13-12+;. The lowest BCUT2D eigenvalue weighted by Gasteiger charge is -2.35. The number of anilines is 1. The second-order valence-corrected chi connectivity index (χ2v) is 10.9. The highest BCUT2D eigenvalue weighted by Crippen LogP contribution is 2.27. The van der Waals surface area contributed by atoms with Gasteiger partial charge in [-0.1, -0.05) is 61.5 Å². The first-order valence-corrected chi connectivity index (χ1v) is 13.9. The molecule has 1 aromatic heterocycles. The van der Waals surface area contributed by atoms with Gasteiger partial charge in [0, 0.05) is 37.8 Å². The lowest BCUT2D eigenvalue weighted by molar-refractivity contribution is -0.159. The fourth-order valence-corrected chi connectivity index (χ4v) is 4.81. The Hall–Kier alpha value is -3.76. The number of fused-ring (bicyclic) bond motifs is 1. The van der Waals surface area contributed by atoms with E-state index in [-0.39, 0.29) is 5.75 Å². The predicted octanol–water partition coefficient (Wildman–Crippen LogP) is 3.25. The van der Waals surface area contributed by atoms with Crippen molar-refractivity contribution in [2.75, 3.05) is 43.9 Å². The third-order valence-corrected chi connectivity index (χ3v) is 6.75. The Kier molecular flexibility index (Phi) is 9.37.